The van der Waals surface area contributed by atoms with Gasteiger partial charge in [-0.2, -0.15) is 11.3 Å². The third kappa shape index (κ3) is 6.96. The fourth-order valence-corrected chi connectivity index (χ4v) is 9.33. The Balaban J connectivity index is 0.000000187. The van der Waals surface area contributed by atoms with Crippen molar-refractivity contribution in [1.29, 1.82) is 0 Å². The van der Waals surface area contributed by atoms with E-state index in [2.05, 4.69) is 113 Å². The van der Waals surface area contributed by atoms with Gasteiger partial charge in [0.25, 0.3) is 0 Å². The van der Waals surface area contributed by atoms with E-state index in [4.69, 9.17) is 4.98 Å². The van der Waals surface area contributed by atoms with Crippen molar-refractivity contribution in [3.63, 3.8) is 0 Å². The van der Waals surface area contributed by atoms with E-state index in [1.54, 1.807) is 0 Å². The Morgan fingerprint density at radius 2 is 1.50 bits per heavy atom. The number of thiophene rings is 1. The predicted octanol–water partition coefficient (Wildman–Crippen LogP) is 10.6. The molecule has 7 aromatic rings. The summed E-state index contributed by atoms with van der Waals surface area (Å²) < 4.78 is 4.06. The number of hydrogen-bond donors (Lipinski definition) is 0. The molecular formula is C41H36GeIrN2S-2. The number of pyridine rings is 2. The van der Waals surface area contributed by atoms with Crippen LogP contribution in [-0.4, -0.2) is 23.2 Å². The van der Waals surface area contributed by atoms with E-state index in [1.165, 1.54) is 66.1 Å². The Bertz CT molecular complexity index is 2080. The van der Waals surface area contributed by atoms with Crippen LogP contribution < -0.4 is 4.40 Å². The Kier molecular flexibility index (Phi) is 10.0. The molecule has 5 heteroatoms. The SMILES string of the molecule is [CH3][Ge]([CH3])([CH3])[c]1ccc(-c2[c-]cccc2)nc1.[Ir].[c-]1cc2sc3ccc(-c4ccccc4)cc3c2cc1-c1nccc2c1CCCC2. The van der Waals surface area contributed by atoms with E-state index in [0.29, 0.717) is 0 Å². The minimum Gasteiger partial charge on any atom is -0.304 e. The number of fused-ring (bicyclic) bond motifs is 4. The number of nitrogens with zero attached hydrogens (tertiary/aromatic N) is 2. The van der Waals surface area contributed by atoms with Crippen LogP contribution in [0, 0.1) is 12.1 Å². The molecule has 1 radical (unpaired) electrons. The van der Waals surface area contributed by atoms with Gasteiger partial charge in [-0.1, -0.05) is 52.9 Å². The zero-order valence-corrected chi connectivity index (χ0v) is 31.7. The molecule has 1 aliphatic rings. The molecule has 0 saturated heterocycles. The van der Waals surface area contributed by atoms with Crippen LogP contribution in [0.1, 0.15) is 24.0 Å². The Morgan fingerprint density at radius 1 is 0.696 bits per heavy atom. The summed E-state index contributed by atoms with van der Waals surface area (Å²) in [5.41, 5.74) is 9.75. The van der Waals surface area contributed by atoms with E-state index in [0.717, 1.165) is 28.9 Å². The van der Waals surface area contributed by atoms with Gasteiger partial charge in [0.2, 0.25) is 0 Å². The molecular weight excluding hydrogens is 817 g/mol. The largest absolute Gasteiger partial charge is 0.304 e. The van der Waals surface area contributed by atoms with Gasteiger partial charge in [0.15, 0.2) is 0 Å². The summed E-state index contributed by atoms with van der Waals surface area (Å²) in [7, 11) is 0. The van der Waals surface area contributed by atoms with Crippen molar-refractivity contribution in [3.8, 4) is 33.6 Å². The second-order valence-electron chi connectivity index (χ2n) is 12.8. The third-order valence-corrected chi connectivity index (χ3v) is 14.0. The molecule has 8 rings (SSSR count). The molecule has 3 heterocycles. The van der Waals surface area contributed by atoms with Gasteiger partial charge in [-0.3, -0.25) is 0 Å². The van der Waals surface area contributed by atoms with Gasteiger partial charge in [-0.25, -0.2) is 0 Å². The summed E-state index contributed by atoms with van der Waals surface area (Å²) in [5, 5.41) is 2.64. The second-order valence-corrected chi connectivity index (χ2v) is 24.5. The maximum Gasteiger partial charge on any atom is 0.0240 e. The summed E-state index contributed by atoms with van der Waals surface area (Å²) >= 11 is 0.131. The van der Waals surface area contributed by atoms with E-state index < -0.39 is 13.3 Å². The molecule has 0 spiro atoms. The summed E-state index contributed by atoms with van der Waals surface area (Å²) in [6.45, 7) is 0. The maximum absolute atomic E-state index is 4.77. The summed E-state index contributed by atoms with van der Waals surface area (Å²) in [4.78, 5) is 9.30. The number of aromatic nitrogens is 2. The first-order chi connectivity index (χ1) is 21.9. The molecule has 0 bridgehead atoms. The summed E-state index contributed by atoms with van der Waals surface area (Å²) in [6, 6.07) is 43.1. The molecule has 231 valence electrons. The molecule has 0 aliphatic heterocycles. The molecule has 0 saturated carbocycles. The normalized spacial score (nSPS) is 12.6. The van der Waals surface area contributed by atoms with Gasteiger partial charge < -0.3 is 4.98 Å². The molecule has 3 aromatic heterocycles. The van der Waals surface area contributed by atoms with Crippen molar-refractivity contribution < 1.29 is 20.1 Å². The van der Waals surface area contributed by atoms with Gasteiger partial charge in [0.1, 0.15) is 0 Å². The quantitative estimate of drug-likeness (QED) is 0.130. The third-order valence-electron chi connectivity index (χ3n) is 8.66. The van der Waals surface area contributed by atoms with Crippen molar-refractivity contribution in [2.75, 3.05) is 0 Å². The van der Waals surface area contributed by atoms with Gasteiger partial charge in [0, 0.05) is 31.0 Å². The fourth-order valence-electron chi connectivity index (χ4n) is 6.11. The number of hydrogen-bond acceptors (Lipinski definition) is 3. The number of benzene rings is 4. The van der Waals surface area contributed by atoms with Gasteiger partial charge >= 0.3 is 99.8 Å². The van der Waals surface area contributed by atoms with E-state index >= 15 is 0 Å². The van der Waals surface area contributed by atoms with Crippen LogP contribution in [0.25, 0.3) is 53.8 Å². The molecule has 1 aliphatic carbocycles. The zero-order chi connectivity index (χ0) is 30.8. The summed E-state index contributed by atoms with van der Waals surface area (Å²) in [6.07, 6.45) is 8.86. The molecule has 2 nitrogen and oxygen atoms in total. The first-order valence-corrected chi connectivity index (χ1v) is 23.9. The monoisotopic (exact) mass is 855 g/mol. The Morgan fingerprint density at radius 3 is 2.26 bits per heavy atom. The molecule has 0 fully saturated rings. The molecule has 0 unspecified atom stereocenters. The van der Waals surface area contributed by atoms with E-state index in [-0.39, 0.29) is 20.1 Å². The maximum atomic E-state index is 4.77. The molecule has 0 N–H and O–H groups in total. The van der Waals surface area contributed by atoms with Crippen LogP contribution in [0.15, 0.2) is 116 Å². The minimum atomic E-state index is -1.72. The van der Waals surface area contributed by atoms with E-state index in [9.17, 15) is 0 Å². The van der Waals surface area contributed by atoms with Crippen molar-refractivity contribution >= 4 is 49.2 Å². The van der Waals surface area contributed by atoms with Crippen LogP contribution in [0.2, 0.25) is 17.3 Å². The predicted molar refractivity (Wildman–Crippen MR) is 195 cm³/mol. The van der Waals surface area contributed by atoms with Crippen molar-refractivity contribution in [1.82, 2.24) is 9.97 Å². The standard InChI is InChI=1S/C27H20NS.C14H16GeN.Ir/c1-2-6-18(7-3-1)20-10-12-25-23(16-20)24-17-21(11-13-26(24)29-25)27-22-9-5-4-8-19(22)14-15-28-27;1-15(2,3)13-9-10-14(16-11-13)12-7-5-4-6-8-12;/h1-3,6-7,10,12-17H,4-5,8-9H2;4-7,9-11H,1-3H3;/q2*-1;. The van der Waals surface area contributed by atoms with E-state index in [1.807, 2.05) is 48.0 Å². The van der Waals surface area contributed by atoms with Crippen LogP contribution >= 0.6 is 11.3 Å². The zero-order valence-electron chi connectivity index (χ0n) is 26.4. The molecule has 0 atom stereocenters. The molecule has 46 heavy (non-hydrogen) atoms. The minimum absolute atomic E-state index is 0. The first-order valence-electron chi connectivity index (χ1n) is 15.8. The summed E-state index contributed by atoms with van der Waals surface area (Å²) in [5.74, 6) is 7.14. The second kappa shape index (κ2) is 14.2. The molecule has 4 aromatic carbocycles. The Hall–Kier alpha value is -3.41. The van der Waals surface area contributed by atoms with Crippen molar-refractivity contribution in [2.45, 2.75) is 43.0 Å². The van der Waals surface area contributed by atoms with Gasteiger partial charge in [-0.15, -0.1) is 23.8 Å². The van der Waals surface area contributed by atoms with Crippen molar-refractivity contribution in [2.24, 2.45) is 0 Å². The van der Waals surface area contributed by atoms with Gasteiger partial charge in [-0.05, 0) is 70.8 Å². The fraction of sp³-hybridized carbons (Fsp3) is 0.171. The molecule has 0 amide bonds. The average Bonchev–Trinajstić information content (AvgIpc) is 3.46. The van der Waals surface area contributed by atoms with Crippen LogP contribution in [0.5, 0.6) is 0 Å². The topological polar surface area (TPSA) is 25.8 Å². The number of rotatable bonds is 4. The Labute approximate surface area is 292 Å². The average molecular weight is 854 g/mol. The van der Waals surface area contributed by atoms with Crippen LogP contribution in [-0.2, 0) is 32.9 Å². The van der Waals surface area contributed by atoms with Gasteiger partial charge in [0.05, 0.1) is 0 Å². The first kappa shape index (κ1) is 32.5. The van der Waals surface area contributed by atoms with Crippen molar-refractivity contribution in [3.05, 3.63) is 139 Å². The van der Waals surface area contributed by atoms with Crippen LogP contribution in [0.4, 0.5) is 0 Å². The number of aryl methyl sites for hydroxylation is 1. The van der Waals surface area contributed by atoms with Crippen LogP contribution in [0.3, 0.4) is 0 Å². The smallest absolute Gasteiger partial charge is 0.0240 e.